The van der Waals surface area contributed by atoms with Crippen molar-refractivity contribution in [3.63, 3.8) is 0 Å². The minimum absolute atomic E-state index is 1.15. The minimum Gasteiger partial charge on any atom is -0.310 e. The van der Waals surface area contributed by atoms with Crippen LogP contribution in [0, 0.1) is 0 Å². The van der Waals surface area contributed by atoms with Gasteiger partial charge in [0.05, 0.1) is 5.69 Å². The predicted octanol–water partition coefficient (Wildman–Crippen LogP) is 12.7. The smallest absolute Gasteiger partial charge is 0.0554 e. The number of thiophene rings is 2. The number of hydrogen-bond acceptors (Lipinski definition) is 3. The zero-order chi connectivity index (χ0) is 28.3. The fraction of sp³-hybridized carbons (Fsp3) is 0. The van der Waals surface area contributed by atoms with Crippen molar-refractivity contribution in [1.82, 2.24) is 0 Å². The van der Waals surface area contributed by atoms with Crippen LogP contribution >= 0.6 is 22.7 Å². The molecule has 7 aromatic carbocycles. The van der Waals surface area contributed by atoms with Gasteiger partial charge in [0.15, 0.2) is 0 Å². The zero-order valence-corrected chi connectivity index (χ0v) is 24.8. The Morgan fingerprint density at radius 3 is 2.02 bits per heavy atom. The molecule has 9 rings (SSSR count). The van der Waals surface area contributed by atoms with Crippen LogP contribution in [0.15, 0.2) is 152 Å². The summed E-state index contributed by atoms with van der Waals surface area (Å²) < 4.78 is 5.27. The lowest BCUT2D eigenvalue weighted by molar-refractivity contribution is 1.31. The van der Waals surface area contributed by atoms with Crippen molar-refractivity contribution in [1.29, 1.82) is 0 Å². The molecule has 2 heterocycles. The lowest BCUT2D eigenvalue weighted by Gasteiger charge is -2.27. The topological polar surface area (TPSA) is 3.24 Å². The van der Waals surface area contributed by atoms with Gasteiger partial charge >= 0.3 is 0 Å². The molecule has 2 aromatic heterocycles. The molecule has 0 aliphatic rings. The van der Waals surface area contributed by atoms with E-state index in [1.54, 1.807) is 0 Å². The first-order valence-electron chi connectivity index (χ1n) is 14.5. The Bertz CT molecular complexity index is 2470. The Hall–Kier alpha value is -4.96. The predicted molar refractivity (Wildman–Crippen MR) is 190 cm³/mol. The van der Waals surface area contributed by atoms with Crippen molar-refractivity contribution >= 4 is 90.9 Å². The number of rotatable bonds is 4. The van der Waals surface area contributed by atoms with Gasteiger partial charge in [0.25, 0.3) is 0 Å². The van der Waals surface area contributed by atoms with Crippen molar-refractivity contribution in [2.75, 3.05) is 4.90 Å². The van der Waals surface area contributed by atoms with Gasteiger partial charge in [-0.15, -0.1) is 22.7 Å². The van der Waals surface area contributed by atoms with Gasteiger partial charge in [-0.3, -0.25) is 0 Å². The molecule has 0 atom stereocenters. The Morgan fingerprint density at radius 1 is 0.395 bits per heavy atom. The van der Waals surface area contributed by atoms with Gasteiger partial charge in [0.1, 0.15) is 0 Å². The van der Waals surface area contributed by atoms with Crippen LogP contribution in [0.5, 0.6) is 0 Å². The Labute approximate surface area is 257 Å². The summed E-state index contributed by atoms with van der Waals surface area (Å²) in [6.07, 6.45) is 0. The van der Waals surface area contributed by atoms with Gasteiger partial charge < -0.3 is 4.90 Å². The van der Waals surface area contributed by atoms with Gasteiger partial charge in [0, 0.05) is 51.7 Å². The van der Waals surface area contributed by atoms with Gasteiger partial charge in [-0.05, 0) is 64.4 Å². The van der Waals surface area contributed by atoms with Crippen LogP contribution in [0.3, 0.4) is 0 Å². The summed E-state index contributed by atoms with van der Waals surface area (Å²) in [6, 6.07) is 55.4. The third-order valence-corrected chi connectivity index (χ3v) is 10.8. The molecule has 202 valence electrons. The molecule has 0 bridgehead atoms. The number of hydrogen-bond donors (Lipinski definition) is 0. The zero-order valence-electron chi connectivity index (χ0n) is 23.2. The summed E-state index contributed by atoms with van der Waals surface area (Å²) in [4.78, 5) is 2.46. The summed E-state index contributed by atoms with van der Waals surface area (Å²) in [5, 5.41) is 7.84. The molecule has 0 aliphatic heterocycles. The molecule has 0 unspecified atom stereocenters. The van der Waals surface area contributed by atoms with Crippen LogP contribution < -0.4 is 4.90 Å². The van der Waals surface area contributed by atoms with E-state index in [1.807, 2.05) is 22.7 Å². The van der Waals surface area contributed by atoms with Crippen molar-refractivity contribution in [3.8, 4) is 11.1 Å². The second-order valence-corrected chi connectivity index (χ2v) is 13.1. The SMILES string of the molecule is c1ccc(-c2cccc(N(c3ccc4c(c3)sc3ccccc34)c3cccc4sc5c6ccccc6ccc5c34)c2)cc1. The highest BCUT2D eigenvalue weighted by Gasteiger charge is 2.20. The normalized spacial score (nSPS) is 11.7. The van der Waals surface area contributed by atoms with E-state index in [0.29, 0.717) is 0 Å². The maximum atomic E-state index is 2.46. The third kappa shape index (κ3) is 3.97. The van der Waals surface area contributed by atoms with Crippen LogP contribution in [-0.2, 0) is 0 Å². The molecule has 0 amide bonds. The van der Waals surface area contributed by atoms with Crippen molar-refractivity contribution < 1.29 is 0 Å². The van der Waals surface area contributed by atoms with Crippen LogP contribution in [0.4, 0.5) is 17.1 Å². The quantitative estimate of drug-likeness (QED) is 0.199. The third-order valence-electron chi connectivity index (χ3n) is 8.44. The van der Waals surface area contributed by atoms with Crippen LogP contribution in [0.2, 0.25) is 0 Å². The molecule has 0 N–H and O–H groups in total. The summed E-state index contributed by atoms with van der Waals surface area (Å²) in [6.45, 7) is 0. The molecule has 0 saturated heterocycles. The molecule has 0 saturated carbocycles. The highest BCUT2D eigenvalue weighted by atomic mass is 32.1. The first kappa shape index (κ1) is 24.6. The lowest BCUT2D eigenvalue weighted by atomic mass is 10.0. The van der Waals surface area contributed by atoms with E-state index < -0.39 is 0 Å². The van der Waals surface area contributed by atoms with E-state index in [4.69, 9.17) is 0 Å². The van der Waals surface area contributed by atoms with E-state index in [0.717, 1.165) is 11.4 Å². The lowest BCUT2D eigenvalue weighted by Crippen LogP contribution is -2.10. The number of fused-ring (bicyclic) bond motifs is 8. The van der Waals surface area contributed by atoms with Gasteiger partial charge in [-0.2, -0.15) is 0 Å². The van der Waals surface area contributed by atoms with E-state index in [1.165, 1.54) is 67.9 Å². The fourth-order valence-electron chi connectivity index (χ4n) is 6.46. The monoisotopic (exact) mass is 583 g/mol. The van der Waals surface area contributed by atoms with Gasteiger partial charge in [-0.25, -0.2) is 0 Å². The van der Waals surface area contributed by atoms with Crippen molar-refractivity contribution in [2.45, 2.75) is 0 Å². The molecular formula is C40H25NS2. The fourth-order valence-corrected chi connectivity index (χ4v) is 8.86. The number of anilines is 3. The second kappa shape index (κ2) is 9.81. The van der Waals surface area contributed by atoms with Gasteiger partial charge in [0.2, 0.25) is 0 Å². The van der Waals surface area contributed by atoms with Crippen LogP contribution in [0.25, 0.3) is 62.2 Å². The highest BCUT2D eigenvalue weighted by molar-refractivity contribution is 7.27. The van der Waals surface area contributed by atoms with Crippen LogP contribution in [0.1, 0.15) is 0 Å². The highest BCUT2D eigenvalue weighted by Crippen LogP contribution is 2.48. The van der Waals surface area contributed by atoms with E-state index in [2.05, 4.69) is 157 Å². The maximum Gasteiger partial charge on any atom is 0.0554 e. The number of benzene rings is 7. The van der Waals surface area contributed by atoms with Crippen molar-refractivity contribution in [2.24, 2.45) is 0 Å². The minimum atomic E-state index is 1.15. The largest absolute Gasteiger partial charge is 0.310 e. The second-order valence-electron chi connectivity index (χ2n) is 10.9. The standard InChI is InChI=1S/C40H25NS2/c1-2-10-26(11-3-1)28-13-8-14-29(24-28)41(30-21-23-33-32-16-6-7-18-36(32)42-38(33)25-30)35-17-9-19-37-39(35)34-22-20-27-12-4-5-15-31(27)40(34)43-37/h1-25H. The molecule has 0 fully saturated rings. The molecule has 9 aromatic rings. The van der Waals surface area contributed by atoms with E-state index in [9.17, 15) is 0 Å². The van der Waals surface area contributed by atoms with Gasteiger partial charge in [-0.1, -0.05) is 109 Å². The molecule has 3 heteroatoms. The van der Waals surface area contributed by atoms with Crippen LogP contribution in [-0.4, -0.2) is 0 Å². The molecule has 43 heavy (non-hydrogen) atoms. The first-order valence-corrected chi connectivity index (χ1v) is 16.1. The number of nitrogens with zero attached hydrogens (tertiary/aromatic N) is 1. The summed E-state index contributed by atoms with van der Waals surface area (Å²) >= 11 is 3.76. The molecular weight excluding hydrogens is 559 g/mol. The molecule has 0 aliphatic carbocycles. The summed E-state index contributed by atoms with van der Waals surface area (Å²) in [7, 11) is 0. The summed E-state index contributed by atoms with van der Waals surface area (Å²) in [5.41, 5.74) is 5.94. The average Bonchev–Trinajstić information content (AvgIpc) is 3.64. The molecule has 1 nitrogen and oxygen atoms in total. The molecule has 0 spiro atoms. The molecule has 0 radical (unpaired) electrons. The maximum absolute atomic E-state index is 2.46. The average molecular weight is 584 g/mol. The summed E-state index contributed by atoms with van der Waals surface area (Å²) in [5.74, 6) is 0. The Balaban J connectivity index is 1.33. The van der Waals surface area contributed by atoms with E-state index in [-0.39, 0.29) is 0 Å². The Morgan fingerprint density at radius 2 is 1.09 bits per heavy atom. The Kier molecular flexibility index (Phi) is 5.62. The van der Waals surface area contributed by atoms with Crippen molar-refractivity contribution in [3.05, 3.63) is 152 Å². The first-order chi connectivity index (χ1) is 21.3. The van der Waals surface area contributed by atoms with E-state index >= 15 is 0 Å².